The van der Waals surface area contributed by atoms with Gasteiger partial charge < -0.3 is 20.5 Å². The van der Waals surface area contributed by atoms with Crippen molar-refractivity contribution in [1.82, 2.24) is 0 Å². The van der Waals surface area contributed by atoms with Gasteiger partial charge in [0.05, 0.1) is 0 Å². The first-order valence-corrected chi connectivity index (χ1v) is 13.8. The molecule has 0 aromatic heterocycles. The van der Waals surface area contributed by atoms with Crippen molar-refractivity contribution in [2.45, 2.75) is 25.3 Å². The highest BCUT2D eigenvalue weighted by Gasteiger charge is 2.31. The number of anilines is 2. The molecular formula is C34H32N2O5. The van der Waals surface area contributed by atoms with Crippen molar-refractivity contribution >= 4 is 28.9 Å². The lowest BCUT2D eigenvalue weighted by Crippen LogP contribution is -2.32. The molecule has 7 heteroatoms. The van der Waals surface area contributed by atoms with Gasteiger partial charge in [0, 0.05) is 46.9 Å². The number of hydrogen-bond acceptors (Lipinski definition) is 6. The summed E-state index contributed by atoms with van der Waals surface area (Å²) in [7, 11) is 0. The average Bonchev–Trinajstić information content (AvgIpc) is 3.86. The molecule has 1 fully saturated rings. The molecule has 41 heavy (non-hydrogen) atoms. The predicted octanol–water partition coefficient (Wildman–Crippen LogP) is 6.11. The fraction of sp³-hybridized carbons (Fsp3) is 0.206. The molecule has 208 valence electrons. The summed E-state index contributed by atoms with van der Waals surface area (Å²) < 4.78 is 5.86. The third kappa shape index (κ3) is 7.19. The number of Topliss-reactive ketones (excluding diaryl/α,β-unsaturated/α-hetero) is 1. The van der Waals surface area contributed by atoms with E-state index in [0.717, 1.165) is 29.7 Å². The van der Waals surface area contributed by atoms with Crippen molar-refractivity contribution in [1.29, 1.82) is 0 Å². The number of carbonyl (C=O) groups is 3. The number of aliphatic carboxylic acids is 1. The second kappa shape index (κ2) is 13.0. The average molecular weight is 549 g/mol. The molecule has 7 nitrogen and oxygen atoms in total. The second-order valence-electron chi connectivity index (χ2n) is 10.1. The van der Waals surface area contributed by atoms with Gasteiger partial charge >= 0.3 is 5.97 Å². The Balaban J connectivity index is 1.16. The number of benzene rings is 4. The molecule has 0 saturated heterocycles. The van der Waals surface area contributed by atoms with Gasteiger partial charge in [-0.3, -0.25) is 9.59 Å². The van der Waals surface area contributed by atoms with Gasteiger partial charge in [-0.25, -0.2) is 4.79 Å². The van der Waals surface area contributed by atoms with Crippen LogP contribution in [0.1, 0.15) is 44.7 Å². The first-order valence-electron chi connectivity index (χ1n) is 13.8. The zero-order chi connectivity index (χ0) is 28.6. The zero-order valence-corrected chi connectivity index (χ0v) is 22.6. The Morgan fingerprint density at radius 1 is 0.780 bits per heavy atom. The number of rotatable bonds is 14. The minimum atomic E-state index is -1.01. The van der Waals surface area contributed by atoms with E-state index >= 15 is 0 Å². The normalized spacial score (nSPS) is 13.2. The summed E-state index contributed by atoms with van der Waals surface area (Å²) in [6, 6.07) is 29.8. The monoisotopic (exact) mass is 548 g/mol. The van der Waals surface area contributed by atoms with Gasteiger partial charge in [0.2, 0.25) is 0 Å². The molecule has 0 heterocycles. The Kier molecular flexibility index (Phi) is 8.74. The predicted molar refractivity (Wildman–Crippen MR) is 159 cm³/mol. The number of hydrogen-bond donors (Lipinski definition) is 3. The number of carboxylic acid groups (broad SMARTS) is 1. The van der Waals surface area contributed by atoms with Crippen LogP contribution in [0.5, 0.6) is 5.75 Å². The first kappa shape index (κ1) is 27.6. The SMILES string of the molecule is O=C(c1ccccc1)c1ccccc1NC(Cc1ccc(OCCNc2ccccc2C(=O)C2CC2)cc1)C(=O)O. The zero-order valence-electron chi connectivity index (χ0n) is 22.6. The summed E-state index contributed by atoms with van der Waals surface area (Å²) >= 11 is 0. The van der Waals surface area contributed by atoms with Crippen molar-refractivity contribution in [3.05, 3.63) is 125 Å². The minimum absolute atomic E-state index is 0.162. The van der Waals surface area contributed by atoms with Crippen molar-refractivity contribution in [2.75, 3.05) is 23.8 Å². The third-order valence-electron chi connectivity index (χ3n) is 7.03. The highest BCUT2D eigenvalue weighted by molar-refractivity contribution is 6.12. The molecule has 0 spiro atoms. The van der Waals surface area contributed by atoms with E-state index in [2.05, 4.69) is 10.6 Å². The van der Waals surface area contributed by atoms with E-state index in [-0.39, 0.29) is 23.9 Å². The van der Waals surface area contributed by atoms with Crippen molar-refractivity contribution in [2.24, 2.45) is 5.92 Å². The lowest BCUT2D eigenvalue weighted by atomic mass is 10.00. The van der Waals surface area contributed by atoms with Gasteiger partial charge in [0.15, 0.2) is 11.6 Å². The number of ketones is 2. The molecule has 1 aliphatic rings. The number of carbonyl (C=O) groups excluding carboxylic acids is 2. The van der Waals surface area contributed by atoms with Crippen LogP contribution in [0.4, 0.5) is 11.4 Å². The number of ether oxygens (including phenoxy) is 1. The van der Waals surface area contributed by atoms with Crippen LogP contribution in [-0.2, 0) is 11.2 Å². The standard InChI is InChI=1S/C34H32N2O5/c37-32(24-8-2-1-3-9-24)28-11-5-7-13-30(28)36-31(34(39)40)22-23-14-18-26(19-15-23)41-21-20-35-29-12-6-4-10-27(29)33(38)25-16-17-25/h1-15,18-19,25,31,35-36H,16-17,20-22H2,(H,39,40). The van der Waals surface area contributed by atoms with Gasteiger partial charge in [0.25, 0.3) is 0 Å². The van der Waals surface area contributed by atoms with Crippen LogP contribution < -0.4 is 15.4 Å². The summed E-state index contributed by atoms with van der Waals surface area (Å²) in [5, 5.41) is 16.3. The molecule has 4 aromatic rings. The Hall–Kier alpha value is -4.91. The maximum Gasteiger partial charge on any atom is 0.326 e. The fourth-order valence-corrected chi connectivity index (χ4v) is 4.67. The molecule has 0 amide bonds. The molecule has 1 unspecified atom stereocenters. The van der Waals surface area contributed by atoms with Crippen LogP contribution >= 0.6 is 0 Å². The molecule has 3 N–H and O–H groups in total. The van der Waals surface area contributed by atoms with Crippen LogP contribution in [-0.4, -0.2) is 41.8 Å². The first-order chi connectivity index (χ1) is 20.0. The van der Waals surface area contributed by atoms with Crippen molar-refractivity contribution in [3.8, 4) is 5.75 Å². The number of carboxylic acids is 1. The minimum Gasteiger partial charge on any atom is -0.492 e. The third-order valence-corrected chi connectivity index (χ3v) is 7.03. The Labute approximate surface area is 239 Å². The molecule has 4 aromatic carbocycles. The van der Waals surface area contributed by atoms with E-state index in [9.17, 15) is 19.5 Å². The molecule has 0 radical (unpaired) electrons. The summed E-state index contributed by atoms with van der Waals surface area (Å²) in [6.45, 7) is 0.930. The number of nitrogens with one attached hydrogen (secondary N) is 2. The van der Waals surface area contributed by atoms with Gasteiger partial charge in [-0.2, -0.15) is 0 Å². The van der Waals surface area contributed by atoms with Gasteiger partial charge in [0.1, 0.15) is 18.4 Å². The lowest BCUT2D eigenvalue weighted by Gasteiger charge is -2.18. The smallest absolute Gasteiger partial charge is 0.326 e. The maximum atomic E-state index is 13.1. The number of para-hydroxylation sites is 2. The molecule has 0 bridgehead atoms. The van der Waals surface area contributed by atoms with Crippen LogP contribution in [0.25, 0.3) is 0 Å². The van der Waals surface area contributed by atoms with E-state index in [0.29, 0.717) is 35.7 Å². The fourth-order valence-electron chi connectivity index (χ4n) is 4.67. The lowest BCUT2D eigenvalue weighted by molar-refractivity contribution is -0.137. The highest BCUT2D eigenvalue weighted by atomic mass is 16.5. The van der Waals surface area contributed by atoms with Gasteiger partial charge in [-0.05, 0) is 54.8 Å². The van der Waals surface area contributed by atoms with E-state index in [1.165, 1.54) is 0 Å². The van der Waals surface area contributed by atoms with Gasteiger partial charge in [-0.15, -0.1) is 0 Å². The molecule has 5 rings (SSSR count). The topological polar surface area (TPSA) is 105 Å². The molecular weight excluding hydrogens is 516 g/mol. The summed E-state index contributed by atoms with van der Waals surface area (Å²) in [4.78, 5) is 37.7. The van der Waals surface area contributed by atoms with Crippen molar-refractivity contribution < 1.29 is 24.2 Å². The Morgan fingerprint density at radius 3 is 2.10 bits per heavy atom. The second-order valence-corrected chi connectivity index (χ2v) is 10.1. The summed E-state index contributed by atoms with van der Waals surface area (Å²) in [5.74, 6) is -0.164. The molecule has 1 atom stereocenters. The quantitative estimate of drug-likeness (QED) is 0.129. The van der Waals surface area contributed by atoms with E-state index < -0.39 is 12.0 Å². The molecule has 1 saturated carbocycles. The van der Waals surface area contributed by atoms with Crippen LogP contribution in [0, 0.1) is 5.92 Å². The van der Waals surface area contributed by atoms with E-state index in [1.54, 1.807) is 48.5 Å². The molecule has 0 aliphatic heterocycles. The summed E-state index contributed by atoms with van der Waals surface area (Å²) in [6.07, 6.45) is 2.16. The van der Waals surface area contributed by atoms with Crippen molar-refractivity contribution in [3.63, 3.8) is 0 Å². The van der Waals surface area contributed by atoms with Crippen LogP contribution in [0.3, 0.4) is 0 Å². The Bertz CT molecular complexity index is 1510. The van der Waals surface area contributed by atoms with Crippen LogP contribution in [0.15, 0.2) is 103 Å². The molecule has 1 aliphatic carbocycles. The largest absolute Gasteiger partial charge is 0.492 e. The highest BCUT2D eigenvalue weighted by Crippen LogP contribution is 2.34. The van der Waals surface area contributed by atoms with E-state index in [1.807, 2.05) is 54.6 Å². The van der Waals surface area contributed by atoms with Gasteiger partial charge in [-0.1, -0.05) is 66.7 Å². The Morgan fingerprint density at radius 2 is 1.41 bits per heavy atom. The van der Waals surface area contributed by atoms with Crippen LogP contribution in [0.2, 0.25) is 0 Å². The maximum absolute atomic E-state index is 13.1. The summed E-state index contributed by atoms with van der Waals surface area (Å²) in [5.41, 5.74) is 3.80. The van der Waals surface area contributed by atoms with E-state index in [4.69, 9.17) is 4.74 Å².